The Bertz CT molecular complexity index is 1350. The summed E-state index contributed by atoms with van der Waals surface area (Å²) in [6.07, 6.45) is 2.91. The van der Waals surface area contributed by atoms with Gasteiger partial charge in [-0.25, -0.2) is 14.4 Å². The number of carbonyl (C=O) groups excluding carboxylic acids is 4. The number of likely N-dealkylation sites (tertiary alicyclic amines) is 1. The summed E-state index contributed by atoms with van der Waals surface area (Å²) in [4.78, 5) is 52.0. The molecular weight excluding hydrogens is 602 g/mol. The molecule has 2 aliphatic rings. The zero-order chi connectivity index (χ0) is 33.8. The predicted molar refractivity (Wildman–Crippen MR) is 177 cm³/mol. The van der Waals surface area contributed by atoms with E-state index in [1.54, 1.807) is 0 Å². The van der Waals surface area contributed by atoms with Crippen molar-refractivity contribution in [1.82, 2.24) is 15.5 Å². The lowest BCUT2D eigenvalue weighted by Gasteiger charge is -2.32. The smallest absolute Gasteiger partial charge is 0.407 e. The molecule has 1 fully saturated rings. The van der Waals surface area contributed by atoms with Crippen molar-refractivity contribution >= 4 is 24.1 Å². The van der Waals surface area contributed by atoms with Gasteiger partial charge >= 0.3 is 24.1 Å². The van der Waals surface area contributed by atoms with E-state index in [2.05, 4.69) is 29.3 Å². The van der Waals surface area contributed by atoms with Crippen LogP contribution in [0.2, 0.25) is 0 Å². The van der Waals surface area contributed by atoms with E-state index in [4.69, 9.17) is 18.9 Å². The Morgan fingerprint density at radius 3 is 2.17 bits per heavy atom. The van der Waals surface area contributed by atoms with Crippen LogP contribution in [0.4, 0.5) is 9.59 Å². The lowest BCUT2D eigenvalue weighted by atomic mass is 9.98. The zero-order valence-corrected chi connectivity index (χ0v) is 27.6. The van der Waals surface area contributed by atoms with Gasteiger partial charge < -0.3 is 29.6 Å². The first-order chi connectivity index (χ1) is 22.5. The number of amides is 2. The fourth-order valence-corrected chi connectivity index (χ4v) is 5.89. The van der Waals surface area contributed by atoms with Gasteiger partial charge in [0.05, 0.1) is 13.2 Å². The molecule has 0 unspecified atom stereocenters. The maximum Gasteiger partial charge on any atom is 0.407 e. The van der Waals surface area contributed by atoms with Crippen molar-refractivity contribution in [3.8, 4) is 11.1 Å². The summed E-state index contributed by atoms with van der Waals surface area (Å²) in [6, 6.07) is 15.2. The minimum Gasteiger partial charge on any atom is -0.460 e. The molecule has 254 valence electrons. The molecule has 0 radical (unpaired) electrons. The maximum absolute atomic E-state index is 12.8. The molecule has 2 N–H and O–H groups in total. The summed E-state index contributed by atoms with van der Waals surface area (Å²) in [6.45, 7) is 11.0. The predicted octanol–water partition coefficient (Wildman–Crippen LogP) is 5.33. The van der Waals surface area contributed by atoms with Gasteiger partial charge in [-0.1, -0.05) is 61.2 Å². The fourth-order valence-electron chi connectivity index (χ4n) is 5.89. The van der Waals surface area contributed by atoms with Crippen LogP contribution in [0.15, 0.2) is 61.2 Å². The number of piperidine rings is 1. The van der Waals surface area contributed by atoms with E-state index >= 15 is 0 Å². The number of nitrogens with one attached hydrogen (secondary N) is 2. The number of rotatable bonds is 14. The summed E-state index contributed by atoms with van der Waals surface area (Å²) >= 11 is 0. The van der Waals surface area contributed by atoms with E-state index in [0.29, 0.717) is 38.8 Å². The summed E-state index contributed by atoms with van der Waals surface area (Å²) in [7, 11) is 0. The minimum absolute atomic E-state index is 0.0188. The Labute approximate surface area is 277 Å². The molecular formula is C36H47N3O8. The van der Waals surface area contributed by atoms with Crippen LogP contribution in [0.3, 0.4) is 0 Å². The summed E-state index contributed by atoms with van der Waals surface area (Å²) in [5.41, 5.74) is 3.92. The second kappa shape index (κ2) is 17.0. The molecule has 47 heavy (non-hydrogen) atoms. The van der Waals surface area contributed by atoms with Crippen LogP contribution < -0.4 is 10.6 Å². The van der Waals surface area contributed by atoms with Crippen molar-refractivity contribution < 1.29 is 38.1 Å². The SMILES string of the molecule is C=CCOC(=O)[C@@H](CCCCOC(=O)NC1CCN(CC(=O)OC(C)(C)C)CC1)NC(=O)OCC1c2ccccc2-c2ccccc21. The average molecular weight is 650 g/mol. The molecule has 1 aliphatic carbocycles. The van der Waals surface area contributed by atoms with Gasteiger partial charge in [0.15, 0.2) is 0 Å². The molecule has 2 aromatic carbocycles. The van der Waals surface area contributed by atoms with Gasteiger partial charge in [0.2, 0.25) is 0 Å². The molecule has 1 atom stereocenters. The number of nitrogens with zero attached hydrogens (tertiary/aromatic N) is 1. The number of benzene rings is 2. The van der Waals surface area contributed by atoms with Gasteiger partial charge in [0.1, 0.15) is 24.9 Å². The van der Waals surface area contributed by atoms with Gasteiger partial charge in [-0.15, -0.1) is 0 Å². The van der Waals surface area contributed by atoms with E-state index < -0.39 is 29.8 Å². The molecule has 1 aliphatic heterocycles. The van der Waals surface area contributed by atoms with Gasteiger partial charge in [-0.05, 0) is 75.1 Å². The van der Waals surface area contributed by atoms with Crippen molar-refractivity contribution in [3.05, 3.63) is 72.3 Å². The number of hydrogen-bond acceptors (Lipinski definition) is 9. The monoisotopic (exact) mass is 649 g/mol. The Morgan fingerprint density at radius 2 is 1.55 bits per heavy atom. The fraction of sp³-hybridized carbons (Fsp3) is 0.500. The minimum atomic E-state index is -0.926. The molecule has 1 saturated heterocycles. The van der Waals surface area contributed by atoms with Gasteiger partial charge in [0, 0.05) is 25.0 Å². The van der Waals surface area contributed by atoms with Crippen molar-refractivity contribution in [2.75, 3.05) is 39.5 Å². The van der Waals surface area contributed by atoms with Gasteiger partial charge in [0.25, 0.3) is 0 Å². The molecule has 2 amide bonds. The van der Waals surface area contributed by atoms with E-state index in [-0.39, 0.29) is 50.7 Å². The summed E-state index contributed by atoms with van der Waals surface area (Å²) < 4.78 is 21.6. The number of alkyl carbamates (subject to hydrolysis) is 2. The Morgan fingerprint density at radius 1 is 0.915 bits per heavy atom. The third kappa shape index (κ3) is 10.8. The standard InChI is InChI=1S/C36H47N3O8/c1-5-21-44-33(41)31(38-35(43)46-24-30-28-14-8-6-12-26(28)27-13-7-9-15-29(27)30)16-10-11-22-45-34(42)37-25-17-19-39(20-18-25)23-32(40)47-36(2,3)4/h5-9,12-15,25,30-31H,1,10-11,16-24H2,2-4H3,(H,37,42)(H,38,43)/t31-/m1/s1. The van der Waals surface area contributed by atoms with Crippen molar-refractivity contribution in [1.29, 1.82) is 0 Å². The van der Waals surface area contributed by atoms with Crippen LogP contribution >= 0.6 is 0 Å². The van der Waals surface area contributed by atoms with E-state index in [1.807, 2.05) is 62.1 Å². The molecule has 0 bridgehead atoms. The Hall–Kier alpha value is -4.38. The average Bonchev–Trinajstić information content (AvgIpc) is 3.35. The van der Waals surface area contributed by atoms with Gasteiger partial charge in [-0.2, -0.15) is 0 Å². The molecule has 2 aromatic rings. The first-order valence-electron chi connectivity index (χ1n) is 16.3. The van der Waals surface area contributed by atoms with Crippen molar-refractivity contribution in [3.63, 3.8) is 0 Å². The van der Waals surface area contributed by atoms with Gasteiger partial charge in [-0.3, -0.25) is 9.69 Å². The highest BCUT2D eigenvalue weighted by Gasteiger charge is 2.30. The van der Waals surface area contributed by atoms with Crippen LogP contribution in [0.25, 0.3) is 11.1 Å². The number of fused-ring (bicyclic) bond motifs is 3. The second-order valence-electron chi connectivity index (χ2n) is 12.9. The molecule has 0 spiro atoms. The van der Waals surface area contributed by atoms with Crippen LogP contribution in [-0.4, -0.2) is 86.2 Å². The second-order valence-corrected chi connectivity index (χ2v) is 12.9. The highest BCUT2D eigenvalue weighted by atomic mass is 16.6. The molecule has 11 heteroatoms. The molecule has 0 aromatic heterocycles. The highest BCUT2D eigenvalue weighted by Crippen LogP contribution is 2.44. The topological polar surface area (TPSA) is 132 Å². The molecule has 1 heterocycles. The number of esters is 2. The van der Waals surface area contributed by atoms with Crippen molar-refractivity contribution in [2.24, 2.45) is 0 Å². The van der Waals surface area contributed by atoms with Crippen LogP contribution in [0.1, 0.15) is 69.9 Å². The lowest BCUT2D eigenvalue weighted by molar-refractivity contribution is -0.156. The largest absolute Gasteiger partial charge is 0.460 e. The van der Waals surface area contributed by atoms with Crippen LogP contribution in [-0.2, 0) is 28.5 Å². The summed E-state index contributed by atoms with van der Waals surface area (Å²) in [5.74, 6) is -0.949. The van der Waals surface area contributed by atoms with Crippen LogP contribution in [0, 0.1) is 0 Å². The first kappa shape index (κ1) is 35.5. The van der Waals surface area contributed by atoms with E-state index in [1.165, 1.54) is 6.08 Å². The number of unbranched alkanes of at least 4 members (excludes halogenated alkanes) is 1. The maximum atomic E-state index is 12.8. The molecule has 11 nitrogen and oxygen atoms in total. The van der Waals surface area contributed by atoms with Crippen molar-refractivity contribution in [2.45, 2.75) is 76.5 Å². The van der Waals surface area contributed by atoms with E-state index in [0.717, 1.165) is 22.3 Å². The highest BCUT2D eigenvalue weighted by molar-refractivity contribution is 5.82. The Kier molecular flexibility index (Phi) is 12.8. The molecule has 0 saturated carbocycles. The number of ether oxygens (including phenoxy) is 4. The van der Waals surface area contributed by atoms with Crippen LogP contribution in [0.5, 0.6) is 0 Å². The Balaban J connectivity index is 1.16. The molecule has 4 rings (SSSR count). The third-order valence-corrected chi connectivity index (χ3v) is 8.07. The normalized spacial score (nSPS) is 15.5. The lowest BCUT2D eigenvalue weighted by Crippen LogP contribution is -2.46. The first-order valence-corrected chi connectivity index (χ1v) is 16.3. The van der Waals surface area contributed by atoms with E-state index in [9.17, 15) is 19.2 Å². The summed E-state index contributed by atoms with van der Waals surface area (Å²) in [5, 5.41) is 5.54. The quantitative estimate of drug-likeness (QED) is 0.121. The third-order valence-electron chi connectivity index (χ3n) is 8.07. The number of carbonyl (C=O) groups is 4. The zero-order valence-electron chi connectivity index (χ0n) is 27.6. The number of hydrogen-bond donors (Lipinski definition) is 2.